The summed E-state index contributed by atoms with van der Waals surface area (Å²) in [5.41, 5.74) is 1.61. The zero-order valence-electron chi connectivity index (χ0n) is 13.0. The molecule has 24 heavy (non-hydrogen) atoms. The smallest absolute Gasteiger partial charge is 0.325 e. The Morgan fingerprint density at radius 2 is 1.83 bits per heavy atom. The van der Waals surface area contributed by atoms with Crippen LogP contribution in [0.3, 0.4) is 0 Å². The normalized spacial score (nSPS) is 15.8. The molecule has 4 rings (SSSR count). The zero-order valence-corrected chi connectivity index (χ0v) is 13.0. The molecule has 0 saturated carbocycles. The largest absolute Gasteiger partial charge is 0.355 e. The van der Waals surface area contributed by atoms with Crippen molar-refractivity contribution in [2.24, 2.45) is 5.92 Å². The Balaban J connectivity index is 1.52. The number of carbonyl (C=O) groups excluding carboxylic acids is 1. The maximum atomic E-state index is 12.6. The number of imidazole rings is 1. The third-order valence-electron chi connectivity index (χ3n) is 4.52. The highest BCUT2D eigenvalue weighted by Crippen LogP contribution is 2.27. The van der Waals surface area contributed by atoms with Gasteiger partial charge in [-0.3, -0.25) is 9.78 Å². The number of anilines is 1. The third-order valence-corrected chi connectivity index (χ3v) is 4.52. The number of fused-ring (bicyclic) bond motifs is 1. The summed E-state index contributed by atoms with van der Waals surface area (Å²) in [6.07, 6.45) is 2.99. The fourth-order valence-corrected chi connectivity index (χ4v) is 3.27. The number of aromatic amines is 2. The van der Waals surface area contributed by atoms with Gasteiger partial charge in [0.2, 0.25) is 0 Å². The van der Waals surface area contributed by atoms with E-state index in [1.165, 1.54) is 6.33 Å². The van der Waals surface area contributed by atoms with Crippen LogP contribution in [-0.2, 0) is 0 Å². The second-order valence-electron chi connectivity index (χ2n) is 5.99. The number of hydrogen-bond donors (Lipinski definition) is 2. The molecule has 1 aliphatic rings. The summed E-state index contributed by atoms with van der Waals surface area (Å²) in [4.78, 5) is 39.9. The van der Waals surface area contributed by atoms with Crippen LogP contribution in [0.1, 0.15) is 23.2 Å². The molecule has 0 bridgehead atoms. The molecule has 1 fully saturated rings. The Hall–Kier alpha value is -2.96. The molecule has 2 aromatic heterocycles. The standard InChI is InChI=1S/C17H17N5O2/c23-14(11-4-2-1-3-5-11)12-6-8-22(9-7-12)16-13-15(18-10-19-16)21-17(24)20-13/h1-5,10,12H,6-9H2,(H2,18,19,20,21,24). The van der Waals surface area contributed by atoms with E-state index < -0.39 is 0 Å². The minimum atomic E-state index is -0.291. The first-order chi connectivity index (χ1) is 11.7. The number of carbonyl (C=O) groups is 1. The first kappa shape index (κ1) is 14.6. The van der Waals surface area contributed by atoms with Crippen molar-refractivity contribution in [1.82, 2.24) is 19.9 Å². The summed E-state index contributed by atoms with van der Waals surface area (Å²) in [6.45, 7) is 1.45. The van der Waals surface area contributed by atoms with E-state index in [1.807, 2.05) is 30.3 Å². The number of piperidine rings is 1. The summed E-state index contributed by atoms with van der Waals surface area (Å²) in [7, 11) is 0. The van der Waals surface area contributed by atoms with Gasteiger partial charge in [-0.2, -0.15) is 0 Å². The van der Waals surface area contributed by atoms with Crippen molar-refractivity contribution in [3.05, 3.63) is 52.7 Å². The van der Waals surface area contributed by atoms with Gasteiger partial charge in [0, 0.05) is 24.6 Å². The van der Waals surface area contributed by atoms with Gasteiger partial charge < -0.3 is 9.88 Å². The second kappa shape index (κ2) is 5.92. The lowest BCUT2D eigenvalue weighted by Gasteiger charge is -2.32. The van der Waals surface area contributed by atoms with E-state index in [9.17, 15) is 9.59 Å². The van der Waals surface area contributed by atoms with Crippen molar-refractivity contribution in [3.8, 4) is 0 Å². The minimum absolute atomic E-state index is 0.0336. The number of nitrogens with one attached hydrogen (secondary N) is 2. The van der Waals surface area contributed by atoms with E-state index >= 15 is 0 Å². The molecule has 122 valence electrons. The van der Waals surface area contributed by atoms with Crippen molar-refractivity contribution < 1.29 is 4.79 Å². The summed E-state index contributed by atoms with van der Waals surface area (Å²) in [5, 5.41) is 0. The summed E-state index contributed by atoms with van der Waals surface area (Å²) in [6, 6.07) is 9.43. The van der Waals surface area contributed by atoms with Gasteiger partial charge in [0.25, 0.3) is 0 Å². The maximum Gasteiger partial charge on any atom is 0.325 e. The van der Waals surface area contributed by atoms with E-state index in [4.69, 9.17) is 0 Å². The van der Waals surface area contributed by atoms with Crippen molar-refractivity contribution in [2.75, 3.05) is 18.0 Å². The van der Waals surface area contributed by atoms with Crippen LogP contribution < -0.4 is 10.6 Å². The summed E-state index contributed by atoms with van der Waals surface area (Å²) < 4.78 is 0. The Kier molecular flexibility index (Phi) is 3.60. The van der Waals surface area contributed by atoms with Crippen LogP contribution in [0.15, 0.2) is 41.5 Å². The average Bonchev–Trinajstić information content (AvgIpc) is 3.02. The highest BCUT2D eigenvalue weighted by Gasteiger charge is 2.27. The van der Waals surface area contributed by atoms with Gasteiger partial charge in [-0.15, -0.1) is 0 Å². The third kappa shape index (κ3) is 2.58. The molecule has 0 radical (unpaired) electrons. The first-order valence-electron chi connectivity index (χ1n) is 7.99. The van der Waals surface area contributed by atoms with Crippen molar-refractivity contribution in [1.29, 1.82) is 0 Å². The molecule has 7 nitrogen and oxygen atoms in total. The fourth-order valence-electron chi connectivity index (χ4n) is 3.27. The van der Waals surface area contributed by atoms with Crippen LogP contribution in [0.4, 0.5) is 5.82 Å². The van der Waals surface area contributed by atoms with Crippen LogP contribution in [0.25, 0.3) is 11.2 Å². The molecule has 1 aliphatic heterocycles. The van der Waals surface area contributed by atoms with Gasteiger partial charge in [-0.1, -0.05) is 30.3 Å². The molecule has 0 aliphatic carbocycles. The summed E-state index contributed by atoms with van der Waals surface area (Å²) in [5.74, 6) is 0.952. The monoisotopic (exact) mass is 323 g/mol. The molecular weight excluding hydrogens is 306 g/mol. The van der Waals surface area contributed by atoms with Crippen LogP contribution in [-0.4, -0.2) is 38.8 Å². The van der Waals surface area contributed by atoms with Gasteiger partial charge in [0.05, 0.1) is 0 Å². The predicted octanol–water partition coefficient (Wildman–Crippen LogP) is 1.75. The quantitative estimate of drug-likeness (QED) is 0.716. The van der Waals surface area contributed by atoms with Crippen molar-refractivity contribution >= 4 is 22.8 Å². The van der Waals surface area contributed by atoms with E-state index in [0.717, 1.165) is 31.5 Å². The molecule has 2 N–H and O–H groups in total. The Morgan fingerprint density at radius 1 is 1.08 bits per heavy atom. The molecule has 3 heterocycles. The number of rotatable bonds is 3. The molecule has 1 saturated heterocycles. The average molecular weight is 323 g/mol. The topological polar surface area (TPSA) is 94.7 Å². The van der Waals surface area contributed by atoms with E-state index in [1.54, 1.807) is 0 Å². The lowest BCUT2D eigenvalue weighted by molar-refractivity contribution is 0.0900. The molecular formula is C17H17N5O2. The van der Waals surface area contributed by atoms with Crippen LogP contribution in [0.2, 0.25) is 0 Å². The Labute approximate surface area is 137 Å². The number of ketones is 1. The number of hydrogen-bond acceptors (Lipinski definition) is 5. The van der Waals surface area contributed by atoms with E-state index in [-0.39, 0.29) is 17.4 Å². The van der Waals surface area contributed by atoms with Gasteiger partial charge in [-0.25, -0.2) is 14.8 Å². The highest BCUT2D eigenvalue weighted by atomic mass is 16.1. The van der Waals surface area contributed by atoms with Crippen molar-refractivity contribution in [3.63, 3.8) is 0 Å². The summed E-state index contributed by atoms with van der Waals surface area (Å²) >= 11 is 0. The molecule has 7 heteroatoms. The Morgan fingerprint density at radius 3 is 2.58 bits per heavy atom. The fraction of sp³-hybridized carbons (Fsp3) is 0.294. The maximum absolute atomic E-state index is 12.6. The lowest BCUT2D eigenvalue weighted by Crippen LogP contribution is -2.37. The first-order valence-corrected chi connectivity index (χ1v) is 7.99. The number of Topliss-reactive ketones (excluding diaryl/α,β-unsaturated/α-hetero) is 1. The van der Waals surface area contributed by atoms with Gasteiger partial charge in [0.1, 0.15) is 11.8 Å². The number of benzene rings is 1. The predicted molar refractivity (Wildman–Crippen MR) is 90.2 cm³/mol. The second-order valence-corrected chi connectivity index (χ2v) is 5.99. The van der Waals surface area contributed by atoms with E-state index in [2.05, 4.69) is 24.8 Å². The Bertz CT molecular complexity index is 923. The van der Waals surface area contributed by atoms with Crippen LogP contribution >= 0.6 is 0 Å². The highest BCUT2D eigenvalue weighted by molar-refractivity contribution is 5.98. The number of aromatic nitrogens is 4. The van der Waals surface area contributed by atoms with Gasteiger partial charge >= 0.3 is 5.69 Å². The van der Waals surface area contributed by atoms with Crippen LogP contribution in [0, 0.1) is 5.92 Å². The van der Waals surface area contributed by atoms with Crippen LogP contribution in [0.5, 0.6) is 0 Å². The molecule has 3 aromatic rings. The molecule has 1 aromatic carbocycles. The molecule has 0 atom stereocenters. The SMILES string of the molecule is O=C(c1ccccc1)C1CCN(c2ncnc3[nH]c(=O)[nH]c23)CC1. The molecule has 0 amide bonds. The molecule has 0 unspecified atom stereocenters. The number of nitrogens with zero attached hydrogens (tertiary/aromatic N) is 3. The molecule has 0 spiro atoms. The van der Waals surface area contributed by atoms with Gasteiger partial charge in [-0.05, 0) is 12.8 Å². The number of H-pyrrole nitrogens is 2. The lowest BCUT2D eigenvalue weighted by atomic mass is 9.89. The van der Waals surface area contributed by atoms with E-state index in [0.29, 0.717) is 17.0 Å². The minimum Gasteiger partial charge on any atom is -0.355 e. The van der Waals surface area contributed by atoms with Gasteiger partial charge in [0.15, 0.2) is 17.2 Å². The van der Waals surface area contributed by atoms with Crippen molar-refractivity contribution in [2.45, 2.75) is 12.8 Å². The zero-order chi connectivity index (χ0) is 16.5.